The second-order valence-electron chi connectivity index (χ2n) is 2.39. The summed E-state index contributed by atoms with van der Waals surface area (Å²) < 4.78 is 1.13. The maximum Gasteiger partial charge on any atom is 0.0928 e. The highest BCUT2D eigenvalue weighted by atomic mass is 127. The Morgan fingerprint density at radius 2 is 2.40 bits per heavy atom. The van der Waals surface area contributed by atoms with Crippen molar-refractivity contribution in [1.82, 2.24) is 0 Å². The molecule has 0 radical (unpaired) electrons. The van der Waals surface area contributed by atoms with Gasteiger partial charge in [0.05, 0.1) is 5.76 Å². The van der Waals surface area contributed by atoms with Gasteiger partial charge in [-0.2, -0.15) is 0 Å². The summed E-state index contributed by atoms with van der Waals surface area (Å²) in [6.45, 7) is 0. The number of alkyl halides is 1. The lowest BCUT2D eigenvalue weighted by molar-refractivity contribution is 0.386. The predicted molar refractivity (Wildman–Crippen MR) is 51.5 cm³/mol. The standard InChI is InChI=1S/C8H11IO/c9-5-4-7-2-1-3-8(10)6-7/h2,6,10H,1,3-5H2. The van der Waals surface area contributed by atoms with Crippen LogP contribution in [0.3, 0.4) is 0 Å². The van der Waals surface area contributed by atoms with Crippen LogP contribution in [0, 0.1) is 0 Å². The Morgan fingerprint density at radius 1 is 1.60 bits per heavy atom. The molecule has 0 amide bonds. The van der Waals surface area contributed by atoms with E-state index < -0.39 is 0 Å². The van der Waals surface area contributed by atoms with Crippen LogP contribution in [0.25, 0.3) is 0 Å². The second-order valence-corrected chi connectivity index (χ2v) is 3.47. The third-order valence-electron chi connectivity index (χ3n) is 1.54. The quantitative estimate of drug-likeness (QED) is 0.590. The average molecular weight is 250 g/mol. The molecule has 0 aromatic carbocycles. The highest BCUT2D eigenvalue weighted by Gasteiger charge is 2.01. The van der Waals surface area contributed by atoms with Gasteiger partial charge >= 0.3 is 0 Å². The number of halogens is 1. The number of aliphatic hydroxyl groups is 1. The first kappa shape index (κ1) is 8.11. The molecule has 0 heterocycles. The molecule has 0 saturated heterocycles. The maximum absolute atomic E-state index is 9.12. The van der Waals surface area contributed by atoms with E-state index >= 15 is 0 Å². The van der Waals surface area contributed by atoms with E-state index in [0.29, 0.717) is 5.76 Å². The minimum absolute atomic E-state index is 0.544. The molecule has 10 heavy (non-hydrogen) atoms. The minimum Gasteiger partial charge on any atom is -0.512 e. The molecule has 0 bridgehead atoms. The molecule has 0 saturated carbocycles. The van der Waals surface area contributed by atoms with E-state index in [-0.39, 0.29) is 0 Å². The van der Waals surface area contributed by atoms with Gasteiger partial charge in [-0.05, 0) is 24.5 Å². The monoisotopic (exact) mass is 250 g/mol. The van der Waals surface area contributed by atoms with Crippen molar-refractivity contribution in [3.05, 3.63) is 23.5 Å². The summed E-state index contributed by atoms with van der Waals surface area (Å²) in [5.74, 6) is 0.544. The van der Waals surface area contributed by atoms with Crippen LogP contribution in [-0.4, -0.2) is 9.53 Å². The van der Waals surface area contributed by atoms with Crippen molar-refractivity contribution in [3.8, 4) is 0 Å². The highest BCUT2D eigenvalue weighted by Crippen LogP contribution is 2.17. The van der Waals surface area contributed by atoms with Crippen molar-refractivity contribution in [3.63, 3.8) is 0 Å². The SMILES string of the molecule is OC1=CC(CCI)=CCC1. The topological polar surface area (TPSA) is 20.2 Å². The van der Waals surface area contributed by atoms with Crippen LogP contribution in [0.5, 0.6) is 0 Å². The first-order valence-corrected chi connectivity index (χ1v) is 5.00. The van der Waals surface area contributed by atoms with E-state index in [1.165, 1.54) is 5.57 Å². The maximum atomic E-state index is 9.12. The normalized spacial score (nSPS) is 18.1. The molecule has 1 aliphatic rings. The zero-order chi connectivity index (χ0) is 7.40. The zero-order valence-electron chi connectivity index (χ0n) is 5.81. The lowest BCUT2D eigenvalue weighted by atomic mass is 10.0. The minimum atomic E-state index is 0.544. The van der Waals surface area contributed by atoms with Crippen LogP contribution in [0.1, 0.15) is 19.3 Å². The third-order valence-corrected chi connectivity index (χ3v) is 2.08. The smallest absolute Gasteiger partial charge is 0.0928 e. The Morgan fingerprint density at radius 3 is 3.00 bits per heavy atom. The molecule has 0 aliphatic heterocycles. The van der Waals surface area contributed by atoms with Gasteiger partial charge in [-0.15, -0.1) is 0 Å². The van der Waals surface area contributed by atoms with Crippen molar-refractivity contribution in [2.45, 2.75) is 19.3 Å². The van der Waals surface area contributed by atoms with E-state index in [2.05, 4.69) is 28.7 Å². The Labute approximate surface area is 75.0 Å². The Bertz CT molecular complexity index is 170. The number of rotatable bonds is 2. The van der Waals surface area contributed by atoms with E-state index in [9.17, 15) is 0 Å². The number of allylic oxidation sites excluding steroid dienone is 4. The largest absolute Gasteiger partial charge is 0.512 e. The molecule has 0 aromatic heterocycles. The summed E-state index contributed by atoms with van der Waals surface area (Å²) in [4.78, 5) is 0. The van der Waals surface area contributed by atoms with Crippen LogP contribution in [-0.2, 0) is 0 Å². The van der Waals surface area contributed by atoms with Crippen LogP contribution >= 0.6 is 22.6 Å². The summed E-state index contributed by atoms with van der Waals surface area (Å²) >= 11 is 2.35. The van der Waals surface area contributed by atoms with Gasteiger partial charge in [0.15, 0.2) is 0 Å². The van der Waals surface area contributed by atoms with Gasteiger partial charge in [-0.25, -0.2) is 0 Å². The molecule has 1 nitrogen and oxygen atoms in total. The molecule has 0 spiro atoms. The van der Waals surface area contributed by atoms with Crippen molar-refractivity contribution >= 4 is 22.6 Å². The van der Waals surface area contributed by atoms with Crippen molar-refractivity contribution in [2.75, 3.05) is 4.43 Å². The van der Waals surface area contributed by atoms with Crippen molar-refractivity contribution in [1.29, 1.82) is 0 Å². The molecular weight excluding hydrogens is 239 g/mol. The molecule has 0 unspecified atom stereocenters. The summed E-state index contributed by atoms with van der Waals surface area (Å²) in [5.41, 5.74) is 1.29. The summed E-state index contributed by atoms with van der Waals surface area (Å²) in [5, 5.41) is 9.12. The van der Waals surface area contributed by atoms with E-state index in [1.54, 1.807) is 0 Å². The zero-order valence-corrected chi connectivity index (χ0v) is 7.97. The molecule has 1 N–H and O–H groups in total. The molecule has 1 rings (SSSR count). The van der Waals surface area contributed by atoms with Crippen LogP contribution < -0.4 is 0 Å². The number of hydrogen-bond donors (Lipinski definition) is 1. The lowest BCUT2D eigenvalue weighted by Crippen LogP contribution is -1.91. The van der Waals surface area contributed by atoms with Gasteiger partial charge in [-0.1, -0.05) is 28.7 Å². The predicted octanol–water partition coefficient (Wildman–Crippen LogP) is 2.97. The van der Waals surface area contributed by atoms with E-state index in [0.717, 1.165) is 23.7 Å². The van der Waals surface area contributed by atoms with Gasteiger partial charge < -0.3 is 5.11 Å². The van der Waals surface area contributed by atoms with Crippen LogP contribution in [0.2, 0.25) is 0 Å². The van der Waals surface area contributed by atoms with Crippen LogP contribution in [0.15, 0.2) is 23.5 Å². The third kappa shape index (κ3) is 2.33. The molecule has 0 atom stereocenters. The van der Waals surface area contributed by atoms with Crippen molar-refractivity contribution < 1.29 is 5.11 Å². The van der Waals surface area contributed by atoms with E-state index in [1.807, 2.05) is 6.08 Å². The highest BCUT2D eigenvalue weighted by molar-refractivity contribution is 14.1. The number of aliphatic hydroxyl groups excluding tert-OH is 1. The fraction of sp³-hybridized carbons (Fsp3) is 0.500. The molecule has 1 aliphatic carbocycles. The molecule has 2 heteroatoms. The Kier molecular flexibility index (Phi) is 3.25. The Hall–Kier alpha value is 0.01000. The lowest BCUT2D eigenvalue weighted by Gasteiger charge is -2.07. The summed E-state index contributed by atoms with van der Waals surface area (Å²) in [7, 11) is 0. The van der Waals surface area contributed by atoms with Crippen LogP contribution in [0.4, 0.5) is 0 Å². The molecule has 0 aromatic rings. The summed E-state index contributed by atoms with van der Waals surface area (Å²) in [6.07, 6.45) is 7.02. The first-order chi connectivity index (χ1) is 4.83. The van der Waals surface area contributed by atoms with Gasteiger partial charge in [-0.3, -0.25) is 0 Å². The molecule has 0 fully saturated rings. The van der Waals surface area contributed by atoms with Gasteiger partial charge in [0.2, 0.25) is 0 Å². The summed E-state index contributed by atoms with van der Waals surface area (Å²) in [6, 6.07) is 0. The Balaban J connectivity index is 2.51. The molecular formula is C8H11IO. The fourth-order valence-electron chi connectivity index (χ4n) is 1.03. The number of hydrogen-bond acceptors (Lipinski definition) is 1. The second kappa shape index (κ2) is 4.01. The van der Waals surface area contributed by atoms with Gasteiger partial charge in [0, 0.05) is 10.8 Å². The van der Waals surface area contributed by atoms with Gasteiger partial charge in [0.1, 0.15) is 0 Å². The first-order valence-electron chi connectivity index (χ1n) is 3.47. The average Bonchev–Trinajstić information content (AvgIpc) is 1.88. The fourth-order valence-corrected chi connectivity index (χ4v) is 1.66. The van der Waals surface area contributed by atoms with E-state index in [4.69, 9.17) is 5.11 Å². The van der Waals surface area contributed by atoms with Gasteiger partial charge in [0.25, 0.3) is 0 Å². The van der Waals surface area contributed by atoms with Crippen molar-refractivity contribution in [2.24, 2.45) is 0 Å². The molecule has 56 valence electrons.